The number of esters is 1. The molecule has 1 aliphatic heterocycles. The normalized spacial score (nSPS) is 20.8. The summed E-state index contributed by atoms with van der Waals surface area (Å²) in [6, 6.07) is 17.7. The molecule has 37 heavy (non-hydrogen) atoms. The maximum absolute atomic E-state index is 12.7. The fraction of sp³-hybridized carbons (Fsp3) is 0.483. The van der Waals surface area contributed by atoms with Crippen LogP contribution in [0.25, 0.3) is 11.1 Å². The Morgan fingerprint density at radius 1 is 0.973 bits per heavy atom. The molecule has 0 radical (unpaired) electrons. The number of para-hydroxylation sites is 1. The minimum Gasteiger partial charge on any atom is -0.469 e. The van der Waals surface area contributed by atoms with Crippen LogP contribution in [0.1, 0.15) is 32.1 Å². The number of hydrogen-bond donors (Lipinski definition) is 1. The van der Waals surface area contributed by atoms with Gasteiger partial charge in [-0.25, -0.2) is 4.79 Å². The molecule has 0 bridgehead atoms. The predicted molar refractivity (Wildman–Crippen MR) is 142 cm³/mol. The first kappa shape index (κ1) is 26.7. The molecule has 2 fully saturated rings. The number of hydrogen-bond acceptors (Lipinski definition) is 6. The van der Waals surface area contributed by atoms with Crippen molar-refractivity contribution in [1.82, 2.24) is 9.80 Å². The lowest BCUT2D eigenvalue weighted by molar-refractivity contribution is -0.141. The molecule has 2 amide bonds. The number of methoxy groups -OCH3 is 1. The molecular formula is C29H37N3O5. The highest BCUT2D eigenvalue weighted by molar-refractivity contribution is 5.91. The number of nitrogens with zero attached hydrogens (tertiary/aromatic N) is 2. The van der Waals surface area contributed by atoms with Crippen LogP contribution in [0.5, 0.6) is 0 Å². The van der Waals surface area contributed by atoms with E-state index in [4.69, 9.17) is 4.74 Å². The maximum Gasteiger partial charge on any atom is 0.411 e. The van der Waals surface area contributed by atoms with Gasteiger partial charge in [0.2, 0.25) is 5.91 Å². The van der Waals surface area contributed by atoms with Gasteiger partial charge >= 0.3 is 12.1 Å². The van der Waals surface area contributed by atoms with Crippen LogP contribution in [0, 0.1) is 11.8 Å². The molecule has 1 saturated heterocycles. The lowest BCUT2D eigenvalue weighted by Gasteiger charge is -2.21. The SMILES string of the molecule is COC(=O)CCCN(C)C(=O)CCN1CC2CC(OC(=O)Nc3ccccc3-c3ccccc3)CC2C1. The lowest BCUT2D eigenvalue weighted by Crippen LogP contribution is -2.33. The third-order valence-electron chi connectivity index (χ3n) is 7.48. The molecule has 1 N–H and O–H groups in total. The summed E-state index contributed by atoms with van der Waals surface area (Å²) < 4.78 is 10.4. The minimum absolute atomic E-state index is 0.0800. The van der Waals surface area contributed by atoms with E-state index in [2.05, 4.69) is 15.0 Å². The molecule has 2 unspecified atom stereocenters. The second-order valence-corrected chi connectivity index (χ2v) is 10.1. The zero-order valence-corrected chi connectivity index (χ0v) is 21.7. The largest absolute Gasteiger partial charge is 0.469 e. The first-order chi connectivity index (χ1) is 17.9. The Kier molecular flexibility index (Phi) is 9.17. The van der Waals surface area contributed by atoms with Crippen LogP contribution in [0.4, 0.5) is 10.5 Å². The van der Waals surface area contributed by atoms with Gasteiger partial charge in [-0.15, -0.1) is 0 Å². The van der Waals surface area contributed by atoms with Crippen molar-refractivity contribution in [1.29, 1.82) is 0 Å². The third-order valence-corrected chi connectivity index (χ3v) is 7.48. The number of likely N-dealkylation sites (tertiary alicyclic amines) is 1. The van der Waals surface area contributed by atoms with Crippen molar-refractivity contribution in [3.63, 3.8) is 0 Å². The van der Waals surface area contributed by atoms with E-state index in [9.17, 15) is 14.4 Å². The molecule has 2 atom stereocenters. The van der Waals surface area contributed by atoms with E-state index in [1.807, 2.05) is 54.6 Å². The van der Waals surface area contributed by atoms with Gasteiger partial charge in [0.05, 0.1) is 12.8 Å². The zero-order valence-electron chi connectivity index (χ0n) is 21.7. The van der Waals surface area contributed by atoms with Gasteiger partial charge in [-0.05, 0) is 42.7 Å². The minimum atomic E-state index is -0.411. The van der Waals surface area contributed by atoms with Crippen molar-refractivity contribution in [2.45, 2.75) is 38.2 Å². The fourth-order valence-electron chi connectivity index (χ4n) is 5.50. The highest BCUT2D eigenvalue weighted by Crippen LogP contribution is 2.39. The number of amides is 2. The van der Waals surface area contributed by atoms with E-state index in [0.717, 1.165) is 49.3 Å². The van der Waals surface area contributed by atoms with Gasteiger partial charge in [0.15, 0.2) is 0 Å². The summed E-state index contributed by atoms with van der Waals surface area (Å²) in [7, 11) is 3.15. The van der Waals surface area contributed by atoms with Gasteiger partial charge in [0.1, 0.15) is 6.10 Å². The van der Waals surface area contributed by atoms with Gasteiger partial charge in [0, 0.05) is 51.6 Å². The first-order valence-electron chi connectivity index (χ1n) is 13.1. The summed E-state index contributed by atoms with van der Waals surface area (Å²) in [5.41, 5.74) is 2.74. The van der Waals surface area contributed by atoms with Crippen molar-refractivity contribution in [2.24, 2.45) is 11.8 Å². The number of carbonyl (C=O) groups is 3. The molecule has 1 saturated carbocycles. The van der Waals surface area contributed by atoms with Crippen molar-refractivity contribution in [3.05, 3.63) is 54.6 Å². The third kappa shape index (κ3) is 7.32. The van der Waals surface area contributed by atoms with Crippen LogP contribution in [0.3, 0.4) is 0 Å². The number of nitrogens with one attached hydrogen (secondary N) is 1. The summed E-state index contributed by atoms with van der Waals surface area (Å²) in [4.78, 5) is 40.4. The number of carbonyl (C=O) groups excluding carboxylic acids is 3. The van der Waals surface area contributed by atoms with Crippen LogP contribution < -0.4 is 5.32 Å². The van der Waals surface area contributed by atoms with Crippen LogP contribution in [-0.4, -0.2) is 74.2 Å². The number of fused-ring (bicyclic) bond motifs is 1. The highest BCUT2D eigenvalue weighted by Gasteiger charge is 2.42. The molecule has 8 heteroatoms. The molecule has 2 aliphatic rings. The average Bonchev–Trinajstić information content (AvgIpc) is 3.45. The molecule has 198 valence electrons. The Labute approximate surface area is 218 Å². The monoisotopic (exact) mass is 507 g/mol. The maximum atomic E-state index is 12.7. The number of ether oxygens (including phenoxy) is 2. The molecule has 0 spiro atoms. The van der Waals surface area contributed by atoms with Crippen molar-refractivity contribution in [2.75, 3.05) is 45.7 Å². The summed E-state index contributed by atoms with van der Waals surface area (Å²) in [6.45, 7) is 3.15. The molecule has 2 aromatic rings. The Morgan fingerprint density at radius 3 is 2.35 bits per heavy atom. The van der Waals surface area contributed by atoms with E-state index in [0.29, 0.717) is 37.6 Å². The molecular weight excluding hydrogens is 470 g/mol. The topological polar surface area (TPSA) is 88.2 Å². The molecule has 0 aromatic heterocycles. The number of benzene rings is 2. The molecule has 1 heterocycles. The second kappa shape index (κ2) is 12.7. The summed E-state index contributed by atoms with van der Waals surface area (Å²) in [5.74, 6) is 0.821. The summed E-state index contributed by atoms with van der Waals surface area (Å²) >= 11 is 0. The van der Waals surface area contributed by atoms with Crippen molar-refractivity contribution in [3.8, 4) is 11.1 Å². The van der Waals surface area contributed by atoms with Gasteiger partial charge in [-0.3, -0.25) is 14.9 Å². The highest BCUT2D eigenvalue weighted by atomic mass is 16.6. The Morgan fingerprint density at radius 2 is 1.65 bits per heavy atom. The zero-order chi connectivity index (χ0) is 26.2. The van der Waals surface area contributed by atoms with Crippen LogP contribution >= 0.6 is 0 Å². The second-order valence-electron chi connectivity index (χ2n) is 10.1. The Bertz CT molecular complexity index is 1060. The molecule has 1 aliphatic carbocycles. The van der Waals surface area contributed by atoms with Crippen molar-refractivity contribution >= 4 is 23.7 Å². The number of anilines is 1. The van der Waals surface area contributed by atoms with Gasteiger partial charge in [-0.1, -0.05) is 48.5 Å². The van der Waals surface area contributed by atoms with Crippen LogP contribution in [-0.2, 0) is 19.1 Å². The predicted octanol–water partition coefficient (Wildman–Crippen LogP) is 4.41. The van der Waals surface area contributed by atoms with Gasteiger partial charge < -0.3 is 19.3 Å². The van der Waals surface area contributed by atoms with E-state index < -0.39 is 6.09 Å². The van der Waals surface area contributed by atoms with Crippen LogP contribution in [0.15, 0.2) is 54.6 Å². The summed E-state index contributed by atoms with van der Waals surface area (Å²) in [6.07, 6.45) is 2.62. The van der Waals surface area contributed by atoms with Crippen molar-refractivity contribution < 1.29 is 23.9 Å². The van der Waals surface area contributed by atoms with E-state index in [1.165, 1.54) is 7.11 Å². The smallest absolute Gasteiger partial charge is 0.411 e. The van der Waals surface area contributed by atoms with E-state index in [-0.39, 0.29) is 18.0 Å². The van der Waals surface area contributed by atoms with Gasteiger partial charge in [0.25, 0.3) is 0 Å². The quantitative estimate of drug-likeness (QED) is 0.479. The molecule has 8 nitrogen and oxygen atoms in total. The first-order valence-corrected chi connectivity index (χ1v) is 13.1. The van der Waals surface area contributed by atoms with Crippen LogP contribution in [0.2, 0.25) is 0 Å². The molecule has 2 aromatic carbocycles. The Balaban J connectivity index is 1.18. The van der Waals surface area contributed by atoms with E-state index >= 15 is 0 Å². The number of rotatable bonds is 10. The standard InChI is InChI=1S/C29H37N3O5/c1-31(15-8-13-28(34)36-2)27(33)14-16-32-19-22-17-24(18-23(22)20-32)37-29(35)30-26-12-7-6-11-25(26)21-9-4-3-5-10-21/h3-7,9-12,22-24H,8,13-20H2,1-2H3,(H,30,35). The Hall–Kier alpha value is -3.39. The lowest BCUT2D eigenvalue weighted by atomic mass is 10.0. The molecule has 4 rings (SSSR count). The fourth-order valence-corrected chi connectivity index (χ4v) is 5.50. The van der Waals surface area contributed by atoms with Gasteiger partial charge in [-0.2, -0.15) is 0 Å². The van der Waals surface area contributed by atoms with E-state index in [1.54, 1.807) is 11.9 Å². The average molecular weight is 508 g/mol. The summed E-state index contributed by atoms with van der Waals surface area (Å²) in [5, 5.41) is 2.94.